The summed E-state index contributed by atoms with van der Waals surface area (Å²) in [5, 5.41) is 2.71. The molecule has 0 fully saturated rings. The maximum absolute atomic E-state index is 12.2. The van der Waals surface area contributed by atoms with E-state index in [0.29, 0.717) is 26.8 Å². The van der Waals surface area contributed by atoms with Gasteiger partial charge in [-0.1, -0.05) is 23.4 Å². The fourth-order valence-electron chi connectivity index (χ4n) is 1.50. The van der Waals surface area contributed by atoms with Gasteiger partial charge in [0.2, 0.25) is 0 Å². The zero-order valence-electron chi connectivity index (χ0n) is 10.3. The van der Waals surface area contributed by atoms with Crippen LogP contribution in [0.1, 0.15) is 10.4 Å². The molecular formula is C13H8BrClF2N2OS. The molecule has 0 atom stereocenters. The molecule has 2 rings (SSSR count). The molecule has 1 N–H and O–H groups in total. The molecule has 0 spiro atoms. The lowest BCUT2D eigenvalue weighted by molar-refractivity contribution is 0.102. The smallest absolute Gasteiger partial charge is 0.288 e. The van der Waals surface area contributed by atoms with E-state index in [1.165, 1.54) is 18.3 Å². The van der Waals surface area contributed by atoms with Crippen LogP contribution < -0.4 is 5.32 Å². The van der Waals surface area contributed by atoms with Crippen LogP contribution in [0.4, 0.5) is 14.5 Å². The van der Waals surface area contributed by atoms with Crippen molar-refractivity contribution in [2.75, 3.05) is 5.32 Å². The molecule has 21 heavy (non-hydrogen) atoms. The van der Waals surface area contributed by atoms with Crippen LogP contribution in [-0.4, -0.2) is 16.6 Å². The zero-order valence-corrected chi connectivity index (χ0v) is 13.5. The summed E-state index contributed by atoms with van der Waals surface area (Å²) in [7, 11) is 0. The van der Waals surface area contributed by atoms with Gasteiger partial charge in [-0.3, -0.25) is 4.79 Å². The topological polar surface area (TPSA) is 42.0 Å². The summed E-state index contributed by atoms with van der Waals surface area (Å²) < 4.78 is 25.0. The normalized spacial score (nSPS) is 10.7. The predicted molar refractivity (Wildman–Crippen MR) is 83.2 cm³/mol. The molecule has 0 unspecified atom stereocenters. The van der Waals surface area contributed by atoms with E-state index in [4.69, 9.17) is 11.6 Å². The Morgan fingerprint density at radius 2 is 2.00 bits per heavy atom. The van der Waals surface area contributed by atoms with Crippen molar-refractivity contribution >= 4 is 50.9 Å². The molecule has 8 heteroatoms. The molecule has 0 aliphatic carbocycles. The Labute approximate surface area is 137 Å². The van der Waals surface area contributed by atoms with E-state index < -0.39 is 11.7 Å². The summed E-state index contributed by atoms with van der Waals surface area (Å²) in [6.45, 7) is 0. The standard InChI is InChI=1S/C13H8BrClF2N2OS/c14-7-5-10(11(15)18-6-7)12(20)19-8-1-3-9(4-2-8)21-13(16)17/h1-6,13H,(H,19,20). The number of nitrogens with one attached hydrogen (secondary N) is 1. The first-order valence-corrected chi connectivity index (χ1v) is 7.68. The number of thioether (sulfide) groups is 1. The Bertz CT molecular complexity index is 655. The van der Waals surface area contributed by atoms with E-state index in [0.717, 1.165) is 0 Å². The first-order valence-electron chi connectivity index (χ1n) is 5.63. The SMILES string of the molecule is O=C(Nc1ccc(SC(F)F)cc1)c1cc(Br)cnc1Cl. The highest BCUT2D eigenvalue weighted by Gasteiger charge is 2.12. The maximum atomic E-state index is 12.2. The number of amides is 1. The third-order valence-electron chi connectivity index (χ3n) is 2.39. The lowest BCUT2D eigenvalue weighted by Crippen LogP contribution is -2.13. The van der Waals surface area contributed by atoms with Crippen LogP contribution >= 0.6 is 39.3 Å². The Kier molecular flexibility index (Phi) is 5.55. The average Bonchev–Trinajstić information content (AvgIpc) is 2.43. The second-order valence-electron chi connectivity index (χ2n) is 3.85. The van der Waals surface area contributed by atoms with E-state index in [9.17, 15) is 13.6 Å². The fourth-order valence-corrected chi connectivity index (χ4v) is 2.52. The van der Waals surface area contributed by atoms with Gasteiger partial charge in [0.05, 0.1) is 5.56 Å². The summed E-state index contributed by atoms with van der Waals surface area (Å²) in [5.74, 6) is -2.90. The Balaban J connectivity index is 2.10. The minimum Gasteiger partial charge on any atom is -0.322 e. The summed E-state index contributed by atoms with van der Waals surface area (Å²) in [5.41, 5.74) is 0.701. The van der Waals surface area contributed by atoms with Gasteiger partial charge in [0.15, 0.2) is 0 Å². The number of nitrogens with zero attached hydrogens (tertiary/aromatic N) is 1. The van der Waals surface area contributed by atoms with Crippen LogP contribution in [0.15, 0.2) is 45.9 Å². The van der Waals surface area contributed by atoms with Gasteiger partial charge >= 0.3 is 0 Å². The van der Waals surface area contributed by atoms with Crippen molar-refractivity contribution in [3.63, 3.8) is 0 Å². The molecule has 1 aromatic carbocycles. The van der Waals surface area contributed by atoms with Gasteiger partial charge in [-0.25, -0.2) is 4.98 Å². The maximum Gasteiger partial charge on any atom is 0.288 e. The van der Waals surface area contributed by atoms with Crippen LogP contribution in [0.5, 0.6) is 0 Å². The highest BCUT2D eigenvalue weighted by molar-refractivity contribution is 9.10. The van der Waals surface area contributed by atoms with Crippen molar-refractivity contribution < 1.29 is 13.6 Å². The van der Waals surface area contributed by atoms with Crippen LogP contribution in [-0.2, 0) is 0 Å². The molecule has 0 aliphatic heterocycles. The second kappa shape index (κ2) is 7.20. The number of carbonyl (C=O) groups excluding carboxylic acids is 1. The average molecular weight is 394 g/mol. The summed E-state index contributed by atoms with van der Waals surface area (Å²) in [4.78, 5) is 16.3. The summed E-state index contributed by atoms with van der Waals surface area (Å²) >= 11 is 9.51. The number of hydrogen-bond donors (Lipinski definition) is 1. The molecule has 1 heterocycles. The Hall–Kier alpha value is -1.18. The lowest BCUT2D eigenvalue weighted by Gasteiger charge is -2.07. The summed E-state index contributed by atoms with van der Waals surface area (Å²) in [6.07, 6.45) is 1.48. The number of anilines is 1. The van der Waals surface area contributed by atoms with E-state index >= 15 is 0 Å². The molecule has 110 valence electrons. The third-order valence-corrected chi connectivity index (χ3v) is 3.85. The molecular weight excluding hydrogens is 386 g/mol. The molecule has 0 saturated heterocycles. The summed E-state index contributed by atoms with van der Waals surface area (Å²) in [6, 6.07) is 7.65. The van der Waals surface area contributed by atoms with Gasteiger partial charge in [0.25, 0.3) is 11.7 Å². The van der Waals surface area contributed by atoms with Crippen molar-refractivity contribution in [1.29, 1.82) is 0 Å². The van der Waals surface area contributed by atoms with Crippen LogP contribution in [0.25, 0.3) is 0 Å². The van der Waals surface area contributed by atoms with E-state index in [-0.39, 0.29) is 10.7 Å². The Morgan fingerprint density at radius 3 is 2.62 bits per heavy atom. The van der Waals surface area contributed by atoms with E-state index in [1.807, 2.05) is 0 Å². The number of hydrogen-bond acceptors (Lipinski definition) is 3. The highest BCUT2D eigenvalue weighted by Crippen LogP contribution is 2.26. The second-order valence-corrected chi connectivity index (χ2v) is 6.19. The van der Waals surface area contributed by atoms with Gasteiger partial charge in [-0.2, -0.15) is 8.78 Å². The number of pyridine rings is 1. The van der Waals surface area contributed by atoms with Crippen molar-refractivity contribution in [2.45, 2.75) is 10.7 Å². The number of aromatic nitrogens is 1. The van der Waals surface area contributed by atoms with Gasteiger partial charge < -0.3 is 5.32 Å². The van der Waals surface area contributed by atoms with Gasteiger partial charge in [0.1, 0.15) is 5.15 Å². The Morgan fingerprint density at radius 1 is 1.33 bits per heavy atom. The molecule has 0 radical (unpaired) electrons. The van der Waals surface area contributed by atoms with Crippen molar-refractivity contribution in [3.05, 3.63) is 51.7 Å². The van der Waals surface area contributed by atoms with Gasteiger partial charge in [-0.15, -0.1) is 0 Å². The van der Waals surface area contributed by atoms with Crippen LogP contribution in [0, 0.1) is 0 Å². The van der Waals surface area contributed by atoms with E-state index in [1.54, 1.807) is 18.2 Å². The fraction of sp³-hybridized carbons (Fsp3) is 0.0769. The zero-order chi connectivity index (χ0) is 15.4. The molecule has 2 aromatic rings. The van der Waals surface area contributed by atoms with E-state index in [2.05, 4.69) is 26.2 Å². The number of alkyl halides is 2. The van der Waals surface area contributed by atoms with Crippen molar-refractivity contribution in [3.8, 4) is 0 Å². The highest BCUT2D eigenvalue weighted by atomic mass is 79.9. The largest absolute Gasteiger partial charge is 0.322 e. The first-order chi connectivity index (χ1) is 9.95. The number of rotatable bonds is 4. The molecule has 1 aromatic heterocycles. The minimum atomic E-state index is -2.48. The van der Waals surface area contributed by atoms with Crippen molar-refractivity contribution in [1.82, 2.24) is 4.98 Å². The molecule has 1 amide bonds. The third kappa shape index (κ3) is 4.66. The van der Waals surface area contributed by atoms with Crippen LogP contribution in [0.3, 0.4) is 0 Å². The number of halogens is 4. The molecule has 0 aliphatic rings. The first kappa shape index (κ1) is 16.2. The number of benzene rings is 1. The molecule has 3 nitrogen and oxygen atoms in total. The lowest BCUT2D eigenvalue weighted by atomic mass is 10.2. The van der Waals surface area contributed by atoms with Gasteiger partial charge in [-0.05, 0) is 46.3 Å². The molecule has 0 bridgehead atoms. The predicted octanol–water partition coefficient (Wildman–Crippen LogP) is 5.06. The van der Waals surface area contributed by atoms with Crippen LogP contribution in [0.2, 0.25) is 5.15 Å². The molecule has 0 saturated carbocycles. The monoisotopic (exact) mass is 392 g/mol. The minimum absolute atomic E-state index is 0.0839. The van der Waals surface area contributed by atoms with Gasteiger partial charge in [0, 0.05) is 21.3 Å². The quantitative estimate of drug-likeness (QED) is 0.583. The number of carbonyl (C=O) groups is 1. The van der Waals surface area contributed by atoms with Crippen molar-refractivity contribution in [2.24, 2.45) is 0 Å².